The number of hydrogen-bond donors (Lipinski definition) is 3. The van der Waals surface area contributed by atoms with Crippen molar-refractivity contribution >= 4 is 13.9 Å². The summed E-state index contributed by atoms with van der Waals surface area (Å²) in [6.45, 7) is 6.36. The van der Waals surface area contributed by atoms with Gasteiger partial charge in [0.15, 0.2) is 0 Å². The van der Waals surface area contributed by atoms with Crippen LogP contribution in [0.2, 0.25) is 18.1 Å². The van der Waals surface area contributed by atoms with Gasteiger partial charge in [-0.2, -0.15) is 0 Å². The van der Waals surface area contributed by atoms with Gasteiger partial charge in [-0.3, -0.25) is 0 Å². The first-order valence-electron chi connectivity index (χ1n) is 5.20. The Morgan fingerprint density at radius 2 is 1.71 bits per heavy atom. The summed E-state index contributed by atoms with van der Waals surface area (Å²) in [5, 5.41) is 21.4. The lowest BCUT2D eigenvalue weighted by Crippen LogP contribution is -2.47. The second-order valence-electron chi connectivity index (χ2n) is 3.73. The Balaban J connectivity index is 4.51. The predicted molar refractivity (Wildman–Crippen MR) is 61.2 cm³/mol. The van der Waals surface area contributed by atoms with Gasteiger partial charge in [0.1, 0.15) is 5.84 Å². The van der Waals surface area contributed by atoms with Crippen LogP contribution < -0.4 is 5.73 Å². The van der Waals surface area contributed by atoms with Gasteiger partial charge in [-0.1, -0.05) is 44.1 Å². The van der Waals surface area contributed by atoms with Gasteiger partial charge in [0.05, 0.1) is 13.8 Å². The monoisotopic (exact) mass is 218 g/mol. The van der Waals surface area contributed by atoms with Crippen LogP contribution >= 0.6 is 0 Å². The smallest absolute Gasteiger partial charge is 0.141 e. The summed E-state index contributed by atoms with van der Waals surface area (Å²) in [5.74, 6) is 0.129. The molecule has 0 saturated carbocycles. The average molecular weight is 218 g/mol. The van der Waals surface area contributed by atoms with E-state index in [1.54, 1.807) is 0 Å². The molecule has 14 heavy (non-hydrogen) atoms. The number of hydrogen-bond acceptors (Lipinski definition) is 3. The van der Waals surface area contributed by atoms with Crippen LogP contribution in [0.5, 0.6) is 0 Å². The first kappa shape index (κ1) is 13.4. The maximum atomic E-state index is 10.1. The van der Waals surface area contributed by atoms with Crippen molar-refractivity contribution in [1.82, 2.24) is 0 Å². The highest BCUT2D eigenvalue weighted by molar-refractivity contribution is 6.81. The van der Waals surface area contributed by atoms with E-state index in [-0.39, 0.29) is 5.84 Å². The number of aliphatic hydroxyl groups excluding tert-OH is 1. The molecule has 0 rings (SSSR count). The van der Waals surface area contributed by atoms with Crippen molar-refractivity contribution in [2.75, 3.05) is 0 Å². The van der Waals surface area contributed by atoms with Gasteiger partial charge in [-0.15, -0.1) is 0 Å². The number of oxime groups is 1. The predicted octanol–water partition coefficient (Wildman–Crippen LogP) is 1.53. The largest absolute Gasteiger partial charge is 0.409 e. The molecule has 0 heterocycles. The zero-order valence-electron chi connectivity index (χ0n) is 9.32. The molecule has 0 aliphatic rings. The normalized spacial score (nSPS) is 15.6. The molecular weight excluding hydrogens is 196 g/mol. The fraction of sp³-hybridized carbons (Fsp3) is 0.889. The lowest BCUT2D eigenvalue weighted by atomic mass is 10.4. The fourth-order valence-corrected chi connectivity index (χ4v) is 5.47. The van der Waals surface area contributed by atoms with Crippen molar-refractivity contribution in [3.63, 3.8) is 0 Å². The molecule has 5 heteroatoms. The number of nitrogens with two attached hydrogens (primary N) is 1. The van der Waals surface area contributed by atoms with Crippen molar-refractivity contribution in [2.45, 2.75) is 51.1 Å². The first-order valence-corrected chi connectivity index (χ1v) is 7.90. The number of rotatable bonds is 6. The van der Waals surface area contributed by atoms with Crippen molar-refractivity contribution in [2.24, 2.45) is 10.9 Å². The fourth-order valence-electron chi connectivity index (χ4n) is 1.91. The van der Waals surface area contributed by atoms with Gasteiger partial charge < -0.3 is 16.0 Å². The Bertz CT molecular complexity index is 185. The minimum absolute atomic E-state index is 0.129. The quantitative estimate of drug-likeness (QED) is 0.208. The van der Waals surface area contributed by atoms with Crippen LogP contribution in [0.1, 0.15) is 27.2 Å². The van der Waals surface area contributed by atoms with Gasteiger partial charge in [-0.25, -0.2) is 0 Å². The van der Waals surface area contributed by atoms with Gasteiger partial charge in [0.25, 0.3) is 0 Å². The number of amidine groups is 1. The second-order valence-corrected chi connectivity index (χ2v) is 9.25. The zero-order chi connectivity index (χ0) is 11.2. The molecule has 0 fully saturated rings. The molecule has 4 N–H and O–H groups in total. The molecule has 0 spiro atoms. The van der Waals surface area contributed by atoms with Crippen LogP contribution in [-0.4, -0.2) is 30.0 Å². The Morgan fingerprint density at radius 1 is 1.29 bits per heavy atom. The van der Waals surface area contributed by atoms with Crippen LogP contribution in [0, 0.1) is 0 Å². The summed E-state index contributed by atoms with van der Waals surface area (Å²) in [7, 11) is -1.62. The van der Waals surface area contributed by atoms with Crippen molar-refractivity contribution in [3.8, 4) is 0 Å². The zero-order valence-corrected chi connectivity index (χ0v) is 10.3. The molecule has 1 atom stereocenters. The van der Waals surface area contributed by atoms with Crippen molar-refractivity contribution in [1.29, 1.82) is 0 Å². The van der Waals surface area contributed by atoms with Gasteiger partial charge >= 0.3 is 0 Å². The Kier molecular flexibility index (Phi) is 5.79. The minimum Gasteiger partial charge on any atom is -0.409 e. The number of nitrogens with zero attached hydrogens (tertiary/aromatic N) is 1. The van der Waals surface area contributed by atoms with Crippen LogP contribution in [0.4, 0.5) is 0 Å². The Hall–Kier alpha value is -0.553. The molecule has 0 amide bonds. The first-order chi connectivity index (χ1) is 6.56. The molecule has 0 aliphatic heterocycles. The van der Waals surface area contributed by atoms with Crippen molar-refractivity contribution in [3.05, 3.63) is 0 Å². The topological polar surface area (TPSA) is 78.8 Å². The SMILES string of the molecule is CC[Si](CC)(CC)C(O)CC(N)=NO. The molecule has 0 aromatic heterocycles. The van der Waals surface area contributed by atoms with Crippen LogP contribution in [0.3, 0.4) is 0 Å². The van der Waals surface area contributed by atoms with Crippen LogP contribution in [0.15, 0.2) is 5.16 Å². The minimum atomic E-state index is -1.62. The van der Waals surface area contributed by atoms with Gasteiger partial charge in [0.2, 0.25) is 0 Å². The van der Waals surface area contributed by atoms with Crippen LogP contribution in [0.25, 0.3) is 0 Å². The van der Waals surface area contributed by atoms with Crippen molar-refractivity contribution < 1.29 is 10.3 Å². The molecule has 1 unspecified atom stereocenters. The molecule has 0 saturated heterocycles. The molecule has 0 bridgehead atoms. The molecule has 0 aromatic carbocycles. The van der Waals surface area contributed by atoms with Crippen LogP contribution in [-0.2, 0) is 0 Å². The van der Waals surface area contributed by atoms with E-state index >= 15 is 0 Å². The lowest BCUT2D eigenvalue weighted by Gasteiger charge is -2.33. The molecule has 84 valence electrons. The maximum Gasteiger partial charge on any atom is 0.141 e. The number of aliphatic hydroxyl groups is 1. The molecule has 0 radical (unpaired) electrons. The van der Waals surface area contributed by atoms with E-state index < -0.39 is 13.8 Å². The van der Waals surface area contributed by atoms with E-state index in [0.29, 0.717) is 6.42 Å². The average Bonchev–Trinajstić information content (AvgIpc) is 2.21. The van der Waals surface area contributed by atoms with E-state index in [9.17, 15) is 5.11 Å². The molecule has 0 aliphatic carbocycles. The van der Waals surface area contributed by atoms with E-state index in [4.69, 9.17) is 10.9 Å². The summed E-state index contributed by atoms with van der Waals surface area (Å²) in [6, 6.07) is 3.12. The molecule has 0 aromatic rings. The third kappa shape index (κ3) is 2.99. The summed E-state index contributed by atoms with van der Waals surface area (Å²) in [4.78, 5) is 0. The van der Waals surface area contributed by atoms with E-state index in [1.807, 2.05) is 0 Å². The highest BCUT2D eigenvalue weighted by atomic mass is 28.3. The third-order valence-corrected chi connectivity index (χ3v) is 9.19. The highest BCUT2D eigenvalue weighted by Crippen LogP contribution is 2.25. The summed E-state index contributed by atoms with van der Waals surface area (Å²) in [5.41, 5.74) is 5.01. The Morgan fingerprint density at radius 3 is 2.00 bits per heavy atom. The second kappa shape index (κ2) is 6.03. The lowest BCUT2D eigenvalue weighted by molar-refractivity contribution is 0.244. The molecular formula is C9H22N2O2Si. The third-order valence-electron chi connectivity index (χ3n) is 3.35. The van der Waals surface area contributed by atoms with Gasteiger partial charge in [-0.05, 0) is 0 Å². The summed E-state index contributed by atoms with van der Waals surface area (Å²) in [6.07, 6.45) is 0.304. The summed E-state index contributed by atoms with van der Waals surface area (Å²) >= 11 is 0. The standard InChI is InChI=1S/C9H22N2O2Si/c1-4-14(5-2,6-3)9(12)7-8(10)11-13/h9,12-13H,4-7H2,1-3H3,(H2,10,11). The highest BCUT2D eigenvalue weighted by Gasteiger charge is 2.35. The van der Waals surface area contributed by atoms with E-state index in [2.05, 4.69) is 25.9 Å². The van der Waals surface area contributed by atoms with E-state index in [1.165, 1.54) is 0 Å². The summed E-state index contributed by atoms with van der Waals surface area (Å²) < 4.78 is 0. The maximum absolute atomic E-state index is 10.1. The van der Waals surface area contributed by atoms with Gasteiger partial charge in [0, 0.05) is 6.42 Å². The Labute approximate surface area is 86.8 Å². The van der Waals surface area contributed by atoms with E-state index in [0.717, 1.165) is 18.1 Å². The molecule has 4 nitrogen and oxygen atoms in total.